The second-order valence-electron chi connectivity index (χ2n) is 7.22. The smallest absolute Gasteiger partial charge is 0.225 e. The lowest BCUT2D eigenvalue weighted by Crippen LogP contribution is -2.43. The Morgan fingerprint density at radius 1 is 1.32 bits per heavy atom. The van der Waals surface area contributed by atoms with Crippen LogP contribution in [0.4, 0.5) is 0 Å². The van der Waals surface area contributed by atoms with Crippen LogP contribution in [0.2, 0.25) is 0 Å². The zero-order valence-electron chi connectivity index (χ0n) is 12.7. The Morgan fingerprint density at radius 3 is 2.53 bits per heavy atom. The van der Waals surface area contributed by atoms with Gasteiger partial charge in [-0.15, -0.1) is 0 Å². The number of amides is 1. The van der Waals surface area contributed by atoms with Crippen molar-refractivity contribution in [3.63, 3.8) is 0 Å². The average molecular weight is 264 g/mol. The number of hydrogen-bond acceptors (Lipinski definition) is 2. The summed E-state index contributed by atoms with van der Waals surface area (Å²) in [6.45, 7) is 12.3. The summed E-state index contributed by atoms with van der Waals surface area (Å²) in [6.07, 6.45) is 3.51. The minimum atomic E-state index is 0.310. The van der Waals surface area contributed by atoms with Crippen LogP contribution in [-0.2, 0) is 4.79 Å². The molecule has 3 heteroatoms. The molecule has 0 aromatic rings. The maximum absolute atomic E-state index is 12.6. The first kappa shape index (κ1) is 13.4. The largest absolute Gasteiger partial charge is 0.342 e. The Bertz CT molecular complexity index is 360. The molecule has 0 spiro atoms. The number of hydrogen-bond donors (Lipinski definition) is 0. The summed E-state index contributed by atoms with van der Waals surface area (Å²) in [7, 11) is 0. The van der Waals surface area contributed by atoms with Gasteiger partial charge in [0.25, 0.3) is 0 Å². The van der Waals surface area contributed by atoms with E-state index in [1.807, 2.05) is 0 Å². The average Bonchev–Trinajstić information content (AvgIpc) is 3.01. The molecule has 2 aliphatic heterocycles. The van der Waals surface area contributed by atoms with Crippen molar-refractivity contribution >= 4 is 5.91 Å². The molecule has 0 aromatic heterocycles. The van der Waals surface area contributed by atoms with Crippen molar-refractivity contribution in [1.29, 1.82) is 0 Å². The summed E-state index contributed by atoms with van der Waals surface area (Å²) in [6, 6.07) is 0. The van der Waals surface area contributed by atoms with E-state index in [-0.39, 0.29) is 0 Å². The lowest BCUT2D eigenvalue weighted by atomic mass is 9.91. The van der Waals surface area contributed by atoms with Crippen molar-refractivity contribution in [2.75, 3.05) is 32.7 Å². The predicted octanol–water partition coefficient (Wildman–Crippen LogP) is 2.22. The highest BCUT2D eigenvalue weighted by Crippen LogP contribution is 2.62. The maximum atomic E-state index is 12.6. The monoisotopic (exact) mass is 264 g/mol. The van der Waals surface area contributed by atoms with E-state index in [2.05, 4.69) is 30.6 Å². The number of carbonyl (C=O) groups excluding carboxylic acids is 1. The Balaban J connectivity index is 1.55. The van der Waals surface area contributed by atoms with Crippen LogP contribution in [0, 0.1) is 23.2 Å². The van der Waals surface area contributed by atoms with Gasteiger partial charge in [0.05, 0.1) is 0 Å². The third-order valence-corrected chi connectivity index (χ3v) is 6.05. The normalized spacial score (nSPS) is 35.8. The highest BCUT2D eigenvalue weighted by atomic mass is 16.2. The second kappa shape index (κ2) is 4.76. The van der Waals surface area contributed by atoms with Gasteiger partial charge in [-0.25, -0.2) is 0 Å². The van der Waals surface area contributed by atoms with E-state index in [0.29, 0.717) is 17.2 Å². The number of piperidine rings is 2. The fourth-order valence-electron chi connectivity index (χ4n) is 4.34. The Morgan fingerprint density at radius 2 is 2.00 bits per heavy atom. The van der Waals surface area contributed by atoms with Crippen LogP contribution >= 0.6 is 0 Å². The van der Waals surface area contributed by atoms with Gasteiger partial charge in [-0.3, -0.25) is 4.79 Å². The lowest BCUT2D eigenvalue weighted by molar-refractivity contribution is -0.136. The highest BCUT2D eigenvalue weighted by Gasteiger charge is 2.62. The fraction of sp³-hybridized carbons (Fsp3) is 0.938. The molecule has 0 radical (unpaired) electrons. The predicted molar refractivity (Wildman–Crippen MR) is 76.8 cm³/mol. The third kappa shape index (κ3) is 2.20. The SMILES string of the molecule is CCN1CCC(C(=O)N2CC3CC3(C(C)C)C2)CC1. The number of rotatable bonds is 3. The van der Waals surface area contributed by atoms with E-state index < -0.39 is 0 Å². The number of fused-ring (bicyclic) bond motifs is 1. The number of likely N-dealkylation sites (tertiary alicyclic amines) is 2. The topological polar surface area (TPSA) is 23.6 Å². The fourth-order valence-corrected chi connectivity index (χ4v) is 4.34. The van der Waals surface area contributed by atoms with Gasteiger partial charge in [-0.1, -0.05) is 20.8 Å². The van der Waals surface area contributed by atoms with Crippen LogP contribution < -0.4 is 0 Å². The molecule has 1 aliphatic carbocycles. The molecule has 3 rings (SSSR count). The molecule has 0 bridgehead atoms. The standard InChI is InChI=1S/C16H28N2O/c1-4-17-7-5-13(6-8-17)15(19)18-10-14-9-16(14,11-18)12(2)3/h12-14H,4-11H2,1-3H3. The van der Waals surface area contributed by atoms with Gasteiger partial charge in [0.1, 0.15) is 0 Å². The molecule has 2 saturated heterocycles. The first-order chi connectivity index (χ1) is 9.06. The zero-order valence-corrected chi connectivity index (χ0v) is 12.7. The first-order valence-electron chi connectivity index (χ1n) is 8.08. The van der Waals surface area contributed by atoms with E-state index in [4.69, 9.17) is 0 Å². The van der Waals surface area contributed by atoms with Crippen LogP contribution in [-0.4, -0.2) is 48.4 Å². The van der Waals surface area contributed by atoms with E-state index >= 15 is 0 Å². The lowest BCUT2D eigenvalue weighted by Gasteiger charge is -2.33. The van der Waals surface area contributed by atoms with E-state index in [9.17, 15) is 4.79 Å². The van der Waals surface area contributed by atoms with E-state index in [0.717, 1.165) is 57.4 Å². The van der Waals surface area contributed by atoms with Crippen molar-refractivity contribution in [1.82, 2.24) is 9.80 Å². The van der Waals surface area contributed by atoms with Crippen molar-refractivity contribution in [2.45, 2.75) is 40.0 Å². The molecule has 19 heavy (non-hydrogen) atoms. The Kier molecular flexibility index (Phi) is 3.36. The minimum absolute atomic E-state index is 0.310. The van der Waals surface area contributed by atoms with Crippen LogP contribution in [0.5, 0.6) is 0 Å². The molecule has 1 saturated carbocycles. The Hall–Kier alpha value is -0.570. The molecule has 108 valence electrons. The van der Waals surface area contributed by atoms with Gasteiger partial charge in [0.2, 0.25) is 5.91 Å². The molecule has 3 nitrogen and oxygen atoms in total. The quantitative estimate of drug-likeness (QED) is 0.780. The molecular weight excluding hydrogens is 236 g/mol. The number of carbonyl (C=O) groups is 1. The van der Waals surface area contributed by atoms with Gasteiger partial charge >= 0.3 is 0 Å². The molecule has 2 unspecified atom stereocenters. The molecule has 0 aromatic carbocycles. The van der Waals surface area contributed by atoms with Gasteiger partial charge in [-0.05, 0) is 56.1 Å². The van der Waals surface area contributed by atoms with Crippen molar-refractivity contribution < 1.29 is 4.79 Å². The van der Waals surface area contributed by atoms with Gasteiger partial charge in [0, 0.05) is 19.0 Å². The summed E-state index contributed by atoms with van der Waals surface area (Å²) < 4.78 is 0. The number of nitrogens with zero attached hydrogens (tertiary/aromatic N) is 2. The van der Waals surface area contributed by atoms with Gasteiger partial charge in [0.15, 0.2) is 0 Å². The van der Waals surface area contributed by atoms with Crippen LogP contribution in [0.25, 0.3) is 0 Å². The van der Waals surface area contributed by atoms with Crippen LogP contribution in [0.15, 0.2) is 0 Å². The molecule has 0 N–H and O–H groups in total. The Labute approximate surface area is 117 Å². The van der Waals surface area contributed by atoms with Crippen LogP contribution in [0.3, 0.4) is 0 Å². The molecule has 2 atom stereocenters. The molecular formula is C16H28N2O. The summed E-state index contributed by atoms with van der Waals surface area (Å²) in [5, 5.41) is 0. The maximum Gasteiger partial charge on any atom is 0.225 e. The zero-order chi connectivity index (χ0) is 13.6. The summed E-state index contributed by atoms with van der Waals surface area (Å²) in [5.41, 5.74) is 0.500. The first-order valence-corrected chi connectivity index (χ1v) is 8.08. The molecule has 3 fully saturated rings. The minimum Gasteiger partial charge on any atom is -0.342 e. The van der Waals surface area contributed by atoms with Gasteiger partial charge in [-0.2, -0.15) is 0 Å². The molecule has 2 heterocycles. The van der Waals surface area contributed by atoms with E-state index in [1.54, 1.807) is 0 Å². The van der Waals surface area contributed by atoms with Crippen LogP contribution in [0.1, 0.15) is 40.0 Å². The summed E-state index contributed by atoms with van der Waals surface area (Å²) in [4.78, 5) is 17.3. The van der Waals surface area contributed by atoms with Gasteiger partial charge < -0.3 is 9.80 Å². The summed E-state index contributed by atoms with van der Waals surface area (Å²) >= 11 is 0. The molecule has 1 amide bonds. The summed E-state index contributed by atoms with van der Waals surface area (Å²) in [5.74, 6) is 2.32. The second-order valence-corrected chi connectivity index (χ2v) is 7.22. The van der Waals surface area contributed by atoms with E-state index in [1.165, 1.54) is 6.42 Å². The van der Waals surface area contributed by atoms with Crippen molar-refractivity contribution in [3.8, 4) is 0 Å². The van der Waals surface area contributed by atoms with Crippen molar-refractivity contribution in [2.24, 2.45) is 23.2 Å². The molecule has 3 aliphatic rings. The van der Waals surface area contributed by atoms with Crippen molar-refractivity contribution in [3.05, 3.63) is 0 Å². The highest BCUT2D eigenvalue weighted by molar-refractivity contribution is 5.79. The third-order valence-electron chi connectivity index (χ3n) is 6.05.